The summed E-state index contributed by atoms with van der Waals surface area (Å²) in [6.45, 7) is 9.98. The number of likely N-dealkylation sites (tertiary alicyclic amines) is 1. The summed E-state index contributed by atoms with van der Waals surface area (Å²) in [6.07, 6.45) is 4.03. The molecule has 31 heavy (non-hydrogen) atoms. The highest BCUT2D eigenvalue weighted by Gasteiger charge is 2.16. The molecule has 1 fully saturated rings. The first kappa shape index (κ1) is 21.7. The van der Waals surface area contributed by atoms with Crippen molar-refractivity contribution >= 4 is 27.5 Å². The summed E-state index contributed by atoms with van der Waals surface area (Å²) in [5.74, 6) is 0.647. The van der Waals surface area contributed by atoms with E-state index in [-0.39, 0.29) is 18.0 Å². The molecule has 6 nitrogen and oxygen atoms in total. The minimum absolute atomic E-state index is 0.0262. The first-order valence-electron chi connectivity index (χ1n) is 10.9. The topological polar surface area (TPSA) is 67.2 Å². The van der Waals surface area contributed by atoms with Gasteiger partial charge in [0.1, 0.15) is 11.4 Å². The molecule has 1 aromatic carbocycles. The van der Waals surface area contributed by atoms with E-state index in [0.717, 1.165) is 33.3 Å². The molecule has 3 aromatic rings. The van der Waals surface area contributed by atoms with Crippen molar-refractivity contribution in [2.45, 2.75) is 53.2 Å². The number of carbonyl (C=O) groups is 1. The molecule has 164 valence electrons. The number of hydrogen-bond donors (Lipinski definition) is 1. The SMILES string of the molecule is Cc1sc2ncn(CC(=O)NCc3ccc(CN4CCC(C)CC4)cc3)c(=O)c2c1C. The van der Waals surface area contributed by atoms with Gasteiger partial charge in [-0.3, -0.25) is 19.1 Å². The van der Waals surface area contributed by atoms with Gasteiger partial charge in [-0.1, -0.05) is 31.2 Å². The molecule has 1 aliphatic heterocycles. The monoisotopic (exact) mass is 438 g/mol. The molecule has 0 saturated carbocycles. The number of carbonyl (C=O) groups excluding carboxylic acids is 1. The van der Waals surface area contributed by atoms with Crippen LogP contribution in [0.15, 0.2) is 35.4 Å². The highest BCUT2D eigenvalue weighted by Crippen LogP contribution is 2.25. The lowest BCUT2D eigenvalue weighted by molar-refractivity contribution is -0.121. The van der Waals surface area contributed by atoms with Crippen molar-refractivity contribution in [3.63, 3.8) is 0 Å². The van der Waals surface area contributed by atoms with Crippen LogP contribution in [-0.4, -0.2) is 33.4 Å². The zero-order valence-electron chi connectivity index (χ0n) is 18.5. The van der Waals surface area contributed by atoms with Crippen molar-refractivity contribution < 1.29 is 4.79 Å². The number of amides is 1. The normalized spacial score (nSPS) is 15.5. The average molecular weight is 439 g/mol. The third-order valence-electron chi connectivity index (χ3n) is 6.26. The van der Waals surface area contributed by atoms with E-state index in [1.54, 1.807) is 0 Å². The standard InChI is InChI=1S/C24H30N4O2S/c1-16-8-10-27(11-9-16)13-20-6-4-19(5-7-20)12-25-21(29)14-28-15-26-23-22(24(28)30)17(2)18(3)31-23/h4-7,15-16H,8-14H2,1-3H3,(H,25,29). The summed E-state index contributed by atoms with van der Waals surface area (Å²) in [5.41, 5.74) is 3.15. The number of nitrogens with zero attached hydrogens (tertiary/aromatic N) is 3. The molecule has 1 saturated heterocycles. The molecule has 3 heterocycles. The van der Waals surface area contributed by atoms with Crippen LogP contribution in [0, 0.1) is 19.8 Å². The molecular weight excluding hydrogens is 408 g/mol. The van der Waals surface area contributed by atoms with Crippen LogP contribution in [-0.2, 0) is 24.4 Å². The Morgan fingerprint density at radius 3 is 2.55 bits per heavy atom. The van der Waals surface area contributed by atoms with Gasteiger partial charge in [-0.05, 0) is 62.4 Å². The van der Waals surface area contributed by atoms with Gasteiger partial charge in [-0.15, -0.1) is 11.3 Å². The fourth-order valence-corrected chi connectivity index (χ4v) is 5.02. The molecule has 1 N–H and O–H groups in total. The number of fused-ring (bicyclic) bond motifs is 1. The second-order valence-corrected chi connectivity index (χ2v) is 9.90. The Kier molecular flexibility index (Phi) is 6.53. The fraction of sp³-hybridized carbons (Fsp3) is 0.458. The number of thiophene rings is 1. The lowest BCUT2D eigenvalue weighted by Crippen LogP contribution is -2.32. The maximum absolute atomic E-state index is 12.7. The molecule has 1 aliphatic rings. The van der Waals surface area contributed by atoms with Crippen LogP contribution in [0.3, 0.4) is 0 Å². The summed E-state index contributed by atoms with van der Waals surface area (Å²) >= 11 is 1.51. The molecule has 0 unspecified atom stereocenters. The molecule has 1 amide bonds. The van der Waals surface area contributed by atoms with Gasteiger partial charge in [0.05, 0.1) is 11.7 Å². The number of piperidine rings is 1. The van der Waals surface area contributed by atoms with E-state index in [9.17, 15) is 9.59 Å². The van der Waals surface area contributed by atoms with Gasteiger partial charge in [-0.25, -0.2) is 4.98 Å². The Hall–Kier alpha value is -2.51. The molecule has 2 aromatic heterocycles. The second kappa shape index (κ2) is 9.32. The van der Waals surface area contributed by atoms with E-state index in [4.69, 9.17) is 0 Å². The van der Waals surface area contributed by atoms with Crippen LogP contribution < -0.4 is 10.9 Å². The van der Waals surface area contributed by atoms with Crippen LogP contribution in [0.25, 0.3) is 10.2 Å². The molecule has 0 radical (unpaired) electrons. The van der Waals surface area contributed by atoms with Gasteiger partial charge < -0.3 is 5.32 Å². The van der Waals surface area contributed by atoms with Crippen molar-refractivity contribution in [3.8, 4) is 0 Å². The molecular formula is C24H30N4O2S. The number of benzene rings is 1. The molecule has 0 spiro atoms. The number of hydrogen-bond acceptors (Lipinski definition) is 5. The van der Waals surface area contributed by atoms with Crippen molar-refractivity contribution in [1.82, 2.24) is 19.8 Å². The van der Waals surface area contributed by atoms with Gasteiger partial charge in [0.2, 0.25) is 5.91 Å². The quantitative estimate of drug-likeness (QED) is 0.638. The van der Waals surface area contributed by atoms with E-state index < -0.39 is 0 Å². The summed E-state index contributed by atoms with van der Waals surface area (Å²) in [7, 11) is 0. The Labute approximate surface area is 186 Å². The van der Waals surface area contributed by atoms with Crippen LogP contribution >= 0.6 is 11.3 Å². The van der Waals surface area contributed by atoms with E-state index >= 15 is 0 Å². The third-order valence-corrected chi connectivity index (χ3v) is 7.38. The van der Waals surface area contributed by atoms with Gasteiger partial charge >= 0.3 is 0 Å². The lowest BCUT2D eigenvalue weighted by atomic mass is 9.99. The molecule has 0 atom stereocenters. The smallest absolute Gasteiger partial charge is 0.262 e. The average Bonchev–Trinajstić information content (AvgIpc) is 3.05. The van der Waals surface area contributed by atoms with Crippen LogP contribution in [0.2, 0.25) is 0 Å². The largest absolute Gasteiger partial charge is 0.350 e. The maximum atomic E-state index is 12.7. The van der Waals surface area contributed by atoms with Gasteiger partial charge in [0, 0.05) is 18.0 Å². The van der Waals surface area contributed by atoms with Gasteiger partial charge in [0.15, 0.2) is 0 Å². The van der Waals surface area contributed by atoms with E-state index in [1.807, 2.05) is 13.8 Å². The Morgan fingerprint density at radius 2 is 1.84 bits per heavy atom. The number of aromatic nitrogens is 2. The zero-order valence-corrected chi connectivity index (χ0v) is 19.3. The van der Waals surface area contributed by atoms with Gasteiger partial charge in [0.25, 0.3) is 5.56 Å². The predicted octanol–water partition coefficient (Wildman–Crippen LogP) is 3.62. The molecule has 0 bridgehead atoms. The van der Waals surface area contributed by atoms with Crippen molar-refractivity contribution in [2.24, 2.45) is 5.92 Å². The van der Waals surface area contributed by atoms with Gasteiger partial charge in [-0.2, -0.15) is 0 Å². The first-order chi connectivity index (χ1) is 14.9. The predicted molar refractivity (Wildman–Crippen MR) is 125 cm³/mol. The third kappa shape index (κ3) is 5.05. The van der Waals surface area contributed by atoms with E-state index in [2.05, 4.69) is 46.4 Å². The Bertz CT molecular complexity index is 1120. The summed E-state index contributed by atoms with van der Waals surface area (Å²) in [6, 6.07) is 8.42. The Balaban J connectivity index is 1.32. The summed E-state index contributed by atoms with van der Waals surface area (Å²) in [5, 5.41) is 3.54. The highest BCUT2D eigenvalue weighted by molar-refractivity contribution is 7.18. The minimum Gasteiger partial charge on any atom is -0.350 e. The van der Waals surface area contributed by atoms with Crippen LogP contribution in [0.5, 0.6) is 0 Å². The first-order valence-corrected chi connectivity index (χ1v) is 11.7. The molecule has 4 rings (SSSR count). The number of rotatable bonds is 6. The second-order valence-electron chi connectivity index (χ2n) is 8.69. The van der Waals surface area contributed by atoms with Crippen molar-refractivity contribution in [1.29, 1.82) is 0 Å². The van der Waals surface area contributed by atoms with Crippen molar-refractivity contribution in [2.75, 3.05) is 13.1 Å². The fourth-order valence-electron chi connectivity index (χ4n) is 4.03. The highest BCUT2D eigenvalue weighted by atomic mass is 32.1. The summed E-state index contributed by atoms with van der Waals surface area (Å²) in [4.78, 5) is 33.8. The zero-order chi connectivity index (χ0) is 22.0. The van der Waals surface area contributed by atoms with E-state index in [0.29, 0.717) is 11.9 Å². The van der Waals surface area contributed by atoms with E-state index in [1.165, 1.54) is 53.7 Å². The molecule has 0 aliphatic carbocycles. The Morgan fingerprint density at radius 1 is 1.16 bits per heavy atom. The van der Waals surface area contributed by atoms with Crippen LogP contribution in [0.1, 0.15) is 41.3 Å². The molecule has 7 heteroatoms. The summed E-state index contributed by atoms with van der Waals surface area (Å²) < 4.78 is 1.39. The number of nitrogens with one attached hydrogen (secondary N) is 1. The lowest BCUT2D eigenvalue weighted by Gasteiger charge is -2.30. The number of aryl methyl sites for hydroxylation is 2. The van der Waals surface area contributed by atoms with Crippen molar-refractivity contribution in [3.05, 3.63) is 62.5 Å². The van der Waals surface area contributed by atoms with Crippen LogP contribution in [0.4, 0.5) is 0 Å². The maximum Gasteiger partial charge on any atom is 0.262 e. The minimum atomic E-state index is -0.195.